The van der Waals surface area contributed by atoms with Gasteiger partial charge in [-0.2, -0.15) is 0 Å². The minimum atomic E-state index is -0.345. The van der Waals surface area contributed by atoms with Gasteiger partial charge in [0.05, 0.1) is 12.2 Å². The van der Waals surface area contributed by atoms with E-state index in [2.05, 4.69) is 26.3 Å². The highest BCUT2D eigenvalue weighted by molar-refractivity contribution is 6.07. The van der Waals surface area contributed by atoms with Crippen molar-refractivity contribution < 1.29 is 9.18 Å². The molecule has 3 aromatic rings. The zero-order valence-electron chi connectivity index (χ0n) is 15.8. The van der Waals surface area contributed by atoms with Gasteiger partial charge in [0.2, 0.25) is 0 Å². The van der Waals surface area contributed by atoms with Gasteiger partial charge in [-0.05, 0) is 12.1 Å². The van der Waals surface area contributed by atoms with Crippen molar-refractivity contribution in [3.05, 3.63) is 60.0 Å². The third-order valence-corrected chi connectivity index (χ3v) is 5.01. The van der Waals surface area contributed by atoms with Crippen LogP contribution in [0.4, 0.5) is 15.9 Å². The molecule has 1 saturated heterocycles. The highest BCUT2D eigenvalue weighted by atomic mass is 19.1. The van der Waals surface area contributed by atoms with Gasteiger partial charge in [-0.1, -0.05) is 42.3 Å². The summed E-state index contributed by atoms with van der Waals surface area (Å²) in [4.78, 5) is 16.5. The van der Waals surface area contributed by atoms with E-state index in [4.69, 9.17) is 6.42 Å². The highest BCUT2D eigenvalue weighted by Crippen LogP contribution is 2.28. The molecule has 4 rings (SSSR count). The van der Waals surface area contributed by atoms with Gasteiger partial charge in [0, 0.05) is 37.0 Å². The fourth-order valence-electron chi connectivity index (χ4n) is 3.57. The van der Waals surface area contributed by atoms with Gasteiger partial charge in [-0.3, -0.25) is 4.79 Å². The zero-order valence-corrected chi connectivity index (χ0v) is 15.8. The van der Waals surface area contributed by atoms with Crippen LogP contribution in [0, 0.1) is 18.2 Å². The second-order valence-corrected chi connectivity index (χ2v) is 6.73. The number of aromatic nitrogens is 2. The Morgan fingerprint density at radius 3 is 2.38 bits per heavy atom. The summed E-state index contributed by atoms with van der Waals surface area (Å²) < 4.78 is 14.1. The van der Waals surface area contributed by atoms with Crippen LogP contribution in [0.15, 0.2) is 48.5 Å². The van der Waals surface area contributed by atoms with Gasteiger partial charge in [-0.25, -0.2) is 4.39 Å². The molecular weight excluding hydrogens is 369 g/mol. The molecule has 0 saturated carbocycles. The Balaban J connectivity index is 1.59. The smallest absolute Gasteiger partial charge is 0.273 e. The van der Waals surface area contributed by atoms with Crippen molar-refractivity contribution in [3.63, 3.8) is 0 Å². The number of hydrogen-bond donors (Lipinski definition) is 1. The maximum absolute atomic E-state index is 14.1. The van der Waals surface area contributed by atoms with Gasteiger partial charge < -0.3 is 15.1 Å². The summed E-state index contributed by atoms with van der Waals surface area (Å²) in [6, 6.07) is 14.4. The molecule has 7 heteroatoms. The first-order chi connectivity index (χ1) is 14.2. The SMILES string of the molecule is C#CCNC(=O)c1nnc(N2CCN(c3ccccc3F)CC2)c2ccccc12. The quantitative estimate of drug-likeness (QED) is 0.695. The van der Waals surface area contributed by atoms with Crippen molar-refractivity contribution in [3.8, 4) is 12.3 Å². The first kappa shape index (κ1) is 18.7. The van der Waals surface area contributed by atoms with E-state index in [0.717, 1.165) is 16.6 Å². The first-order valence-electron chi connectivity index (χ1n) is 9.40. The monoisotopic (exact) mass is 389 g/mol. The van der Waals surface area contributed by atoms with Crippen molar-refractivity contribution in [2.24, 2.45) is 0 Å². The summed E-state index contributed by atoms with van der Waals surface area (Å²) in [5.41, 5.74) is 0.869. The Morgan fingerprint density at radius 1 is 1.00 bits per heavy atom. The van der Waals surface area contributed by atoms with Crippen LogP contribution in [-0.2, 0) is 0 Å². The average Bonchev–Trinajstić information content (AvgIpc) is 2.77. The first-order valence-corrected chi connectivity index (χ1v) is 9.40. The Labute approximate surface area is 168 Å². The average molecular weight is 389 g/mol. The number of hydrogen-bond acceptors (Lipinski definition) is 5. The lowest BCUT2D eigenvalue weighted by molar-refractivity contribution is 0.0954. The number of terminal acetylenes is 1. The van der Waals surface area contributed by atoms with E-state index in [9.17, 15) is 9.18 Å². The molecule has 6 nitrogen and oxygen atoms in total. The van der Waals surface area contributed by atoms with E-state index < -0.39 is 0 Å². The molecule has 0 radical (unpaired) electrons. The van der Waals surface area contributed by atoms with E-state index in [1.165, 1.54) is 6.07 Å². The molecule has 2 aromatic carbocycles. The number of piperazine rings is 1. The molecule has 1 fully saturated rings. The van der Waals surface area contributed by atoms with E-state index in [1.54, 1.807) is 12.1 Å². The fraction of sp³-hybridized carbons (Fsp3) is 0.227. The lowest BCUT2D eigenvalue weighted by atomic mass is 10.1. The molecule has 0 atom stereocenters. The van der Waals surface area contributed by atoms with Crippen LogP contribution < -0.4 is 15.1 Å². The van der Waals surface area contributed by atoms with Gasteiger partial charge >= 0.3 is 0 Å². The molecule has 1 N–H and O–H groups in total. The minimum absolute atomic E-state index is 0.134. The van der Waals surface area contributed by atoms with Crippen LogP contribution in [0.2, 0.25) is 0 Å². The van der Waals surface area contributed by atoms with Crippen molar-refractivity contribution in [2.45, 2.75) is 0 Å². The predicted octanol–water partition coefficient (Wildman–Crippen LogP) is 2.46. The maximum Gasteiger partial charge on any atom is 0.273 e. The van der Waals surface area contributed by atoms with Gasteiger partial charge in [0.15, 0.2) is 11.5 Å². The highest BCUT2D eigenvalue weighted by Gasteiger charge is 2.23. The lowest BCUT2D eigenvalue weighted by Crippen LogP contribution is -2.47. The number of nitrogens with one attached hydrogen (secondary N) is 1. The third-order valence-electron chi connectivity index (χ3n) is 5.01. The maximum atomic E-state index is 14.1. The molecule has 1 aromatic heterocycles. The van der Waals surface area contributed by atoms with Crippen molar-refractivity contribution >= 4 is 28.2 Å². The zero-order chi connectivity index (χ0) is 20.2. The van der Waals surface area contributed by atoms with Crippen molar-refractivity contribution in [1.82, 2.24) is 15.5 Å². The summed E-state index contributed by atoms with van der Waals surface area (Å²) in [6.45, 7) is 2.82. The summed E-state index contributed by atoms with van der Waals surface area (Å²) in [5, 5.41) is 12.7. The van der Waals surface area contributed by atoms with Crippen LogP contribution in [0.1, 0.15) is 10.5 Å². The summed E-state index contributed by atoms with van der Waals surface area (Å²) in [7, 11) is 0. The number of fused-ring (bicyclic) bond motifs is 1. The predicted molar refractivity (Wildman–Crippen MR) is 112 cm³/mol. The van der Waals surface area contributed by atoms with Crippen LogP contribution in [0.5, 0.6) is 0 Å². The third kappa shape index (κ3) is 3.69. The fourth-order valence-corrected chi connectivity index (χ4v) is 3.57. The van der Waals surface area contributed by atoms with E-state index >= 15 is 0 Å². The summed E-state index contributed by atoms with van der Waals surface area (Å²) >= 11 is 0. The van der Waals surface area contributed by atoms with E-state index in [-0.39, 0.29) is 24.0 Å². The minimum Gasteiger partial charge on any atom is -0.366 e. The topological polar surface area (TPSA) is 61.4 Å². The number of benzene rings is 2. The van der Waals surface area contributed by atoms with Crippen LogP contribution >= 0.6 is 0 Å². The van der Waals surface area contributed by atoms with Gasteiger partial charge in [-0.15, -0.1) is 16.6 Å². The number of amides is 1. The molecular formula is C22H20FN5O. The molecule has 1 aliphatic heterocycles. The molecule has 1 aliphatic rings. The standard InChI is InChI=1S/C22H20FN5O/c1-2-11-24-22(29)20-16-7-3-4-8-17(16)21(26-25-20)28-14-12-27(13-15-28)19-10-6-5-9-18(19)23/h1,3-10H,11-15H2,(H,24,29). The van der Waals surface area contributed by atoms with E-state index in [0.29, 0.717) is 31.9 Å². The normalized spacial score (nSPS) is 13.9. The molecule has 0 unspecified atom stereocenters. The van der Waals surface area contributed by atoms with E-state index in [1.807, 2.05) is 35.2 Å². The molecule has 29 heavy (non-hydrogen) atoms. The van der Waals surface area contributed by atoms with Gasteiger partial charge in [0.1, 0.15) is 5.82 Å². The Hall–Kier alpha value is -3.66. The Bertz CT molecular complexity index is 1090. The van der Waals surface area contributed by atoms with Gasteiger partial charge in [0.25, 0.3) is 5.91 Å². The number of carbonyl (C=O) groups excluding carboxylic acids is 1. The number of carbonyl (C=O) groups is 1. The number of nitrogens with zero attached hydrogens (tertiary/aromatic N) is 4. The summed E-state index contributed by atoms with van der Waals surface area (Å²) in [5.74, 6) is 2.55. The molecule has 1 amide bonds. The largest absolute Gasteiger partial charge is 0.366 e. The number of anilines is 2. The van der Waals surface area contributed by atoms with Crippen molar-refractivity contribution in [2.75, 3.05) is 42.5 Å². The molecule has 146 valence electrons. The lowest BCUT2D eigenvalue weighted by Gasteiger charge is -2.37. The molecule has 0 bridgehead atoms. The number of rotatable bonds is 4. The Morgan fingerprint density at radius 2 is 1.66 bits per heavy atom. The summed E-state index contributed by atoms with van der Waals surface area (Å²) in [6.07, 6.45) is 5.22. The van der Waals surface area contributed by atoms with Crippen molar-refractivity contribution in [1.29, 1.82) is 0 Å². The molecule has 2 heterocycles. The number of para-hydroxylation sites is 1. The molecule has 0 aliphatic carbocycles. The Kier molecular flexibility index (Phi) is 5.25. The second-order valence-electron chi connectivity index (χ2n) is 6.73. The van der Waals surface area contributed by atoms with Crippen LogP contribution in [0.25, 0.3) is 10.8 Å². The number of halogens is 1. The van der Waals surface area contributed by atoms with Crippen LogP contribution in [0.3, 0.4) is 0 Å². The molecule has 0 spiro atoms. The van der Waals surface area contributed by atoms with Crippen LogP contribution in [-0.4, -0.2) is 48.8 Å². The second kappa shape index (κ2) is 8.15.